The summed E-state index contributed by atoms with van der Waals surface area (Å²) in [5.41, 5.74) is 1.35. The first-order valence-electron chi connectivity index (χ1n) is 6.96. The van der Waals surface area contributed by atoms with Gasteiger partial charge in [0.25, 0.3) is 5.91 Å². The molecule has 0 aliphatic rings. The van der Waals surface area contributed by atoms with Gasteiger partial charge >= 0.3 is 6.03 Å². The van der Waals surface area contributed by atoms with Crippen LogP contribution >= 0.6 is 0 Å². The fourth-order valence-corrected chi connectivity index (χ4v) is 1.85. The summed E-state index contributed by atoms with van der Waals surface area (Å²) in [6, 6.07) is 17.2. The number of imide groups is 1. The van der Waals surface area contributed by atoms with Crippen molar-refractivity contribution in [1.82, 2.24) is 4.90 Å². The van der Waals surface area contributed by atoms with Crippen LogP contribution in [0.15, 0.2) is 66.7 Å². The van der Waals surface area contributed by atoms with Gasteiger partial charge in [0, 0.05) is 11.8 Å². The van der Waals surface area contributed by atoms with E-state index in [9.17, 15) is 14.4 Å². The Morgan fingerprint density at radius 1 is 1.00 bits per heavy atom. The van der Waals surface area contributed by atoms with E-state index >= 15 is 0 Å². The van der Waals surface area contributed by atoms with E-state index < -0.39 is 18.5 Å². The van der Waals surface area contributed by atoms with Crippen molar-refractivity contribution in [3.05, 3.63) is 72.3 Å². The molecule has 1 radical (unpaired) electrons. The fourth-order valence-electron chi connectivity index (χ4n) is 1.85. The number of nitrogens with zero attached hydrogens (tertiary/aromatic N) is 1. The second-order valence-electron chi connectivity index (χ2n) is 4.61. The first-order chi connectivity index (χ1) is 11.2. The van der Waals surface area contributed by atoms with Gasteiger partial charge in [-0.2, -0.15) is 0 Å². The highest BCUT2D eigenvalue weighted by Gasteiger charge is 2.19. The Bertz CT molecular complexity index is 697. The van der Waals surface area contributed by atoms with Crippen LogP contribution in [0, 0.1) is 0 Å². The Hall–Kier alpha value is -3.21. The quantitative estimate of drug-likeness (QED) is 0.864. The van der Waals surface area contributed by atoms with Crippen LogP contribution in [0.25, 0.3) is 6.08 Å². The van der Waals surface area contributed by atoms with Gasteiger partial charge in [-0.15, -0.1) is 0 Å². The highest BCUT2D eigenvalue weighted by Crippen LogP contribution is 2.07. The van der Waals surface area contributed by atoms with Crippen molar-refractivity contribution in [2.24, 2.45) is 0 Å². The summed E-state index contributed by atoms with van der Waals surface area (Å²) in [5, 5.41) is 2.56. The van der Waals surface area contributed by atoms with Gasteiger partial charge in [-0.05, 0) is 23.8 Å². The maximum absolute atomic E-state index is 12.1. The minimum atomic E-state index is -0.678. The number of anilines is 1. The summed E-state index contributed by atoms with van der Waals surface area (Å²) in [7, 11) is 0. The lowest BCUT2D eigenvalue weighted by Gasteiger charge is -2.17. The zero-order chi connectivity index (χ0) is 16.5. The smallest absolute Gasteiger partial charge is 0.307 e. The third-order valence-corrected chi connectivity index (χ3v) is 2.98. The largest absolute Gasteiger partial charge is 0.329 e. The molecule has 0 saturated heterocycles. The van der Waals surface area contributed by atoms with Crippen LogP contribution in [0.2, 0.25) is 0 Å². The Balaban J connectivity index is 2.07. The standard InChI is InChI=1S/C18H15N2O3/c21-14-13-20(18(23)19-16-9-5-2-6-10-16)17(22)12-11-15-7-3-1-4-8-15/h1-12H,13H2,(H,19,23)/b12-11+. The van der Waals surface area contributed by atoms with Crippen LogP contribution in [0.3, 0.4) is 0 Å². The number of carbonyl (C=O) groups excluding carboxylic acids is 3. The lowest BCUT2D eigenvalue weighted by atomic mass is 10.2. The third kappa shape index (κ3) is 4.93. The van der Waals surface area contributed by atoms with E-state index in [1.165, 1.54) is 6.08 Å². The Morgan fingerprint density at radius 2 is 1.61 bits per heavy atom. The van der Waals surface area contributed by atoms with Crippen molar-refractivity contribution in [3.63, 3.8) is 0 Å². The van der Waals surface area contributed by atoms with Crippen molar-refractivity contribution in [3.8, 4) is 0 Å². The molecule has 0 aliphatic heterocycles. The van der Waals surface area contributed by atoms with Crippen LogP contribution in [0.5, 0.6) is 0 Å². The van der Waals surface area contributed by atoms with Crippen LogP contribution < -0.4 is 5.32 Å². The van der Waals surface area contributed by atoms with E-state index in [-0.39, 0.29) is 0 Å². The molecule has 5 nitrogen and oxygen atoms in total. The minimum absolute atomic E-state index is 0.434. The number of hydrogen-bond donors (Lipinski definition) is 1. The van der Waals surface area contributed by atoms with Gasteiger partial charge in [0.15, 0.2) is 0 Å². The monoisotopic (exact) mass is 307 g/mol. The summed E-state index contributed by atoms with van der Waals surface area (Å²) in [6.45, 7) is -0.434. The number of para-hydroxylation sites is 1. The van der Waals surface area contributed by atoms with Crippen LogP contribution in [0.4, 0.5) is 10.5 Å². The normalized spacial score (nSPS) is 10.3. The summed E-state index contributed by atoms with van der Waals surface area (Å²) >= 11 is 0. The molecular formula is C18H15N2O3. The molecule has 2 aromatic carbocycles. The molecule has 0 heterocycles. The van der Waals surface area contributed by atoms with E-state index in [1.54, 1.807) is 42.7 Å². The van der Waals surface area contributed by atoms with Gasteiger partial charge in [-0.25, -0.2) is 4.79 Å². The summed E-state index contributed by atoms with van der Waals surface area (Å²) in [5.74, 6) is -0.592. The molecule has 0 aromatic heterocycles. The van der Waals surface area contributed by atoms with Crippen molar-refractivity contribution in [2.75, 3.05) is 11.9 Å². The molecule has 0 spiro atoms. The Labute approximate surface area is 134 Å². The molecule has 1 N–H and O–H groups in total. The Kier molecular flexibility index (Phi) is 5.82. The average molecular weight is 307 g/mol. The van der Waals surface area contributed by atoms with E-state index in [4.69, 9.17) is 0 Å². The van der Waals surface area contributed by atoms with Gasteiger partial charge < -0.3 is 5.32 Å². The van der Waals surface area contributed by atoms with Crippen molar-refractivity contribution in [2.45, 2.75) is 0 Å². The molecule has 0 saturated carbocycles. The van der Waals surface area contributed by atoms with Gasteiger partial charge in [0.2, 0.25) is 6.29 Å². The first-order valence-corrected chi connectivity index (χ1v) is 6.96. The predicted octanol–water partition coefficient (Wildman–Crippen LogP) is 2.87. The van der Waals surface area contributed by atoms with Crippen molar-refractivity contribution < 1.29 is 14.4 Å². The average Bonchev–Trinajstić information content (AvgIpc) is 2.59. The molecule has 0 aliphatic carbocycles. The number of hydrogen-bond acceptors (Lipinski definition) is 3. The third-order valence-electron chi connectivity index (χ3n) is 2.98. The second-order valence-corrected chi connectivity index (χ2v) is 4.61. The number of urea groups is 1. The van der Waals surface area contributed by atoms with Gasteiger partial charge in [-0.1, -0.05) is 48.5 Å². The summed E-state index contributed by atoms with van der Waals surface area (Å²) in [6.07, 6.45) is 4.40. The predicted molar refractivity (Wildman–Crippen MR) is 88.3 cm³/mol. The van der Waals surface area contributed by atoms with E-state index in [2.05, 4.69) is 5.32 Å². The number of nitrogens with one attached hydrogen (secondary N) is 1. The maximum atomic E-state index is 12.1. The SMILES string of the molecule is O=[C]CN(C(=O)/C=C/c1ccccc1)C(=O)Nc1ccccc1. The van der Waals surface area contributed by atoms with Crippen molar-refractivity contribution in [1.29, 1.82) is 0 Å². The van der Waals surface area contributed by atoms with Crippen LogP contribution in [-0.4, -0.2) is 29.7 Å². The van der Waals surface area contributed by atoms with Crippen LogP contribution in [0.1, 0.15) is 5.56 Å². The summed E-state index contributed by atoms with van der Waals surface area (Å²) in [4.78, 5) is 35.7. The lowest BCUT2D eigenvalue weighted by Crippen LogP contribution is -2.40. The molecule has 0 atom stereocenters. The molecule has 2 rings (SSSR count). The summed E-state index contributed by atoms with van der Waals surface area (Å²) < 4.78 is 0. The van der Waals surface area contributed by atoms with Gasteiger partial charge in [-0.3, -0.25) is 14.5 Å². The molecule has 5 heteroatoms. The molecule has 2 aromatic rings. The van der Waals surface area contributed by atoms with E-state index in [1.807, 2.05) is 30.3 Å². The topological polar surface area (TPSA) is 66.5 Å². The van der Waals surface area contributed by atoms with E-state index in [0.717, 1.165) is 10.5 Å². The Morgan fingerprint density at radius 3 is 2.22 bits per heavy atom. The molecule has 0 fully saturated rings. The molecule has 3 amide bonds. The first kappa shape index (κ1) is 16.2. The zero-order valence-corrected chi connectivity index (χ0v) is 12.3. The van der Waals surface area contributed by atoms with Crippen molar-refractivity contribution >= 4 is 30.0 Å². The number of amides is 3. The zero-order valence-electron chi connectivity index (χ0n) is 12.3. The maximum Gasteiger partial charge on any atom is 0.329 e. The molecular weight excluding hydrogens is 292 g/mol. The highest BCUT2D eigenvalue weighted by atomic mass is 16.2. The molecule has 115 valence electrons. The molecule has 0 bridgehead atoms. The number of rotatable bonds is 5. The fraction of sp³-hybridized carbons (Fsp3) is 0.0556. The molecule has 0 unspecified atom stereocenters. The second kappa shape index (κ2) is 8.29. The number of benzene rings is 2. The number of carbonyl (C=O) groups is 2. The van der Waals surface area contributed by atoms with Gasteiger partial charge in [0.05, 0.1) is 6.54 Å². The lowest BCUT2D eigenvalue weighted by molar-refractivity contribution is -0.122. The highest BCUT2D eigenvalue weighted by molar-refractivity contribution is 6.07. The van der Waals surface area contributed by atoms with Crippen LogP contribution in [-0.2, 0) is 9.59 Å². The minimum Gasteiger partial charge on any atom is -0.307 e. The van der Waals surface area contributed by atoms with Gasteiger partial charge in [0.1, 0.15) is 0 Å². The molecule has 23 heavy (non-hydrogen) atoms. The van der Waals surface area contributed by atoms with E-state index in [0.29, 0.717) is 5.69 Å².